The molecule has 0 unspecified atom stereocenters. The van der Waals surface area contributed by atoms with Crippen molar-refractivity contribution < 1.29 is 9.90 Å². The van der Waals surface area contributed by atoms with E-state index >= 15 is 0 Å². The molecule has 0 atom stereocenters. The minimum atomic E-state index is -0.236. The molecular weight excluding hydrogens is 260 g/mol. The van der Waals surface area contributed by atoms with Crippen LogP contribution in [0.15, 0.2) is 29.9 Å². The van der Waals surface area contributed by atoms with Gasteiger partial charge < -0.3 is 10.4 Å². The lowest BCUT2D eigenvalue weighted by atomic mass is 10.2. The van der Waals surface area contributed by atoms with Crippen molar-refractivity contribution in [3.05, 3.63) is 45.4 Å². The molecule has 1 heterocycles. The topological polar surface area (TPSA) is 62.2 Å². The summed E-state index contributed by atoms with van der Waals surface area (Å²) < 4.78 is 0. The largest absolute Gasteiger partial charge is 0.506 e. The number of rotatable bonds is 3. The van der Waals surface area contributed by atoms with Crippen LogP contribution in [0.1, 0.15) is 15.2 Å². The van der Waals surface area contributed by atoms with Crippen LogP contribution in [0.5, 0.6) is 5.75 Å². The zero-order valence-electron chi connectivity index (χ0n) is 8.68. The second kappa shape index (κ2) is 5.16. The van der Waals surface area contributed by atoms with Crippen LogP contribution in [0.25, 0.3) is 0 Å². The first-order valence-electron chi connectivity index (χ1n) is 4.81. The molecule has 0 spiro atoms. The van der Waals surface area contributed by atoms with Gasteiger partial charge in [-0.05, 0) is 18.2 Å². The van der Waals surface area contributed by atoms with E-state index in [9.17, 15) is 9.90 Å². The highest BCUT2D eigenvalue weighted by Crippen LogP contribution is 2.23. The third-order valence-corrected chi connectivity index (χ3v) is 3.20. The van der Waals surface area contributed by atoms with E-state index in [1.165, 1.54) is 29.5 Å². The molecule has 0 fully saturated rings. The highest BCUT2D eigenvalue weighted by atomic mass is 35.5. The molecule has 0 radical (unpaired) electrons. The standard InChI is InChI=1S/C11H9ClN2O2S/c12-9-3-7(1-2-10(9)15)11(16)14-5-8-4-13-6-17-8/h1-4,6,15H,5H2,(H,14,16). The van der Waals surface area contributed by atoms with E-state index in [4.69, 9.17) is 11.6 Å². The van der Waals surface area contributed by atoms with Crippen LogP contribution in [0.4, 0.5) is 0 Å². The molecule has 88 valence electrons. The van der Waals surface area contributed by atoms with Gasteiger partial charge in [-0.3, -0.25) is 9.78 Å². The van der Waals surface area contributed by atoms with E-state index in [2.05, 4.69) is 10.3 Å². The molecule has 2 rings (SSSR count). The van der Waals surface area contributed by atoms with Gasteiger partial charge in [0.1, 0.15) is 5.75 Å². The minimum Gasteiger partial charge on any atom is -0.506 e. The van der Waals surface area contributed by atoms with Crippen LogP contribution >= 0.6 is 22.9 Å². The number of phenols is 1. The Kier molecular flexibility index (Phi) is 3.61. The molecule has 0 aliphatic carbocycles. The summed E-state index contributed by atoms with van der Waals surface area (Å²) in [5, 5.41) is 12.1. The van der Waals surface area contributed by atoms with Crippen molar-refractivity contribution in [3.63, 3.8) is 0 Å². The summed E-state index contributed by atoms with van der Waals surface area (Å²) >= 11 is 7.19. The van der Waals surface area contributed by atoms with Crippen LogP contribution < -0.4 is 5.32 Å². The van der Waals surface area contributed by atoms with Crippen molar-refractivity contribution in [2.75, 3.05) is 0 Å². The molecule has 4 nitrogen and oxygen atoms in total. The number of halogens is 1. The van der Waals surface area contributed by atoms with E-state index in [-0.39, 0.29) is 16.7 Å². The lowest BCUT2D eigenvalue weighted by molar-refractivity contribution is 0.0951. The Labute approximate surface area is 107 Å². The molecule has 17 heavy (non-hydrogen) atoms. The summed E-state index contributed by atoms with van der Waals surface area (Å²) in [6.45, 7) is 0.433. The highest BCUT2D eigenvalue weighted by molar-refractivity contribution is 7.09. The maximum atomic E-state index is 11.7. The van der Waals surface area contributed by atoms with Crippen molar-refractivity contribution in [2.45, 2.75) is 6.54 Å². The third-order valence-electron chi connectivity index (χ3n) is 2.12. The Bertz CT molecular complexity index is 528. The molecule has 6 heteroatoms. The summed E-state index contributed by atoms with van der Waals surface area (Å²) in [6.07, 6.45) is 1.70. The summed E-state index contributed by atoms with van der Waals surface area (Å²) in [7, 11) is 0. The monoisotopic (exact) mass is 268 g/mol. The first-order chi connectivity index (χ1) is 8.16. The fourth-order valence-corrected chi connectivity index (χ4v) is 1.96. The second-order valence-electron chi connectivity index (χ2n) is 3.32. The van der Waals surface area contributed by atoms with Gasteiger partial charge in [0.15, 0.2) is 0 Å². The number of aromatic nitrogens is 1. The van der Waals surface area contributed by atoms with Gasteiger partial charge in [-0.15, -0.1) is 11.3 Å². The summed E-state index contributed by atoms with van der Waals surface area (Å²) in [4.78, 5) is 16.6. The number of nitrogens with zero attached hydrogens (tertiary/aromatic N) is 1. The molecule has 1 aromatic carbocycles. The van der Waals surface area contributed by atoms with Gasteiger partial charge in [0.2, 0.25) is 0 Å². The molecular formula is C11H9ClN2O2S. The molecule has 0 saturated heterocycles. The third kappa shape index (κ3) is 2.95. The number of hydrogen-bond acceptors (Lipinski definition) is 4. The molecule has 1 aromatic heterocycles. The summed E-state index contributed by atoms with van der Waals surface area (Å²) in [5.41, 5.74) is 2.12. The number of hydrogen-bond donors (Lipinski definition) is 2. The Morgan fingerprint density at radius 1 is 1.53 bits per heavy atom. The number of carbonyl (C=O) groups is 1. The molecule has 0 aliphatic rings. The molecule has 2 aromatic rings. The molecule has 1 amide bonds. The van der Waals surface area contributed by atoms with Gasteiger partial charge in [0.25, 0.3) is 5.91 Å². The van der Waals surface area contributed by atoms with E-state index in [0.29, 0.717) is 12.1 Å². The normalized spacial score (nSPS) is 10.2. The average Bonchev–Trinajstić information content (AvgIpc) is 2.82. The first kappa shape index (κ1) is 11.9. The number of aromatic hydroxyl groups is 1. The Balaban J connectivity index is 2.02. The highest BCUT2D eigenvalue weighted by Gasteiger charge is 2.08. The van der Waals surface area contributed by atoms with E-state index in [1.807, 2.05) is 0 Å². The van der Waals surface area contributed by atoms with Crippen molar-refractivity contribution in [3.8, 4) is 5.75 Å². The number of amides is 1. The number of benzene rings is 1. The van der Waals surface area contributed by atoms with Gasteiger partial charge >= 0.3 is 0 Å². The predicted molar refractivity (Wildman–Crippen MR) is 66.4 cm³/mol. The van der Waals surface area contributed by atoms with Crippen molar-refractivity contribution in [2.24, 2.45) is 0 Å². The molecule has 2 N–H and O–H groups in total. The van der Waals surface area contributed by atoms with Gasteiger partial charge in [0, 0.05) is 16.6 Å². The predicted octanol–water partition coefficient (Wildman–Crippen LogP) is 2.43. The maximum absolute atomic E-state index is 11.7. The van der Waals surface area contributed by atoms with Crippen LogP contribution in [0, 0.1) is 0 Å². The molecule has 0 saturated carbocycles. The van der Waals surface area contributed by atoms with Gasteiger partial charge in [-0.25, -0.2) is 0 Å². The smallest absolute Gasteiger partial charge is 0.251 e. The van der Waals surface area contributed by atoms with Crippen molar-refractivity contribution >= 4 is 28.8 Å². The van der Waals surface area contributed by atoms with Crippen molar-refractivity contribution in [1.29, 1.82) is 0 Å². The Morgan fingerprint density at radius 3 is 3.00 bits per heavy atom. The first-order valence-corrected chi connectivity index (χ1v) is 6.06. The van der Waals surface area contributed by atoms with Crippen LogP contribution in [0.3, 0.4) is 0 Å². The Morgan fingerprint density at radius 2 is 2.35 bits per heavy atom. The zero-order chi connectivity index (χ0) is 12.3. The molecule has 0 aliphatic heterocycles. The van der Waals surface area contributed by atoms with Crippen LogP contribution in [0.2, 0.25) is 5.02 Å². The number of thiazole rings is 1. The summed E-state index contributed by atoms with van der Waals surface area (Å²) in [5.74, 6) is -0.272. The number of nitrogens with one attached hydrogen (secondary N) is 1. The minimum absolute atomic E-state index is 0.0364. The van der Waals surface area contributed by atoms with Gasteiger partial charge in [-0.1, -0.05) is 11.6 Å². The molecule has 0 bridgehead atoms. The lowest BCUT2D eigenvalue weighted by Gasteiger charge is -2.04. The Hall–Kier alpha value is -1.59. The lowest BCUT2D eigenvalue weighted by Crippen LogP contribution is -2.22. The number of phenolic OH excluding ortho intramolecular Hbond substituents is 1. The quantitative estimate of drug-likeness (QED) is 0.899. The van der Waals surface area contributed by atoms with Gasteiger partial charge in [0.05, 0.1) is 17.1 Å². The van der Waals surface area contributed by atoms with Crippen LogP contribution in [-0.2, 0) is 6.54 Å². The second-order valence-corrected chi connectivity index (χ2v) is 4.69. The zero-order valence-corrected chi connectivity index (χ0v) is 10.3. The van der Waals surface area contributed by atoms with Crippen LogP contribution in [-0.4, -0.2) is 16.0 Å². The van der Waals surface area contributed by atoms with E-state index < -0.39 is 0 Å². The van der Waals surface area contributed by atoms with E-state index in [0.717, 1.165) is 4.88 Å². The summed E-state index contributed by atoms with van der Waals surface area (Å²) in [6, 6.07) is 4.34. The van der Waals surface area contributed by atoms with Crippen molar-refractivity contribution in [1.82, 2.24) is 10.3 Å². The fourth-order valence-electron chi connectivity index (χ4n) is 1.25. The fraction of sp³-hybridized carbons (Fsp3) is 0.0909. The van der Waals surface area contributed by atoms with Gasteiger partial charge in [-0.2, -0.15) is 0 Å². The maximum Gasteiger partial charge on any atom is 0.251 e. The number of carbonyl (C=O) groups excluding carboxylic acids is 1. The average molecular weight is 269 g/mol. The van der Waals surface area contributed by atoms with E-state index in [1.54, 1.807) is 11.7 Å². The SMILES string of the molecule is O=C(NCc1cncs1)c1ccc(O)c(Cl)c1.